The Morgan fingerprint density at radius 1 is 1.43 bits per heavy atom. The molecule has 1 amide bonds. The monoisotopic (exact) mass is 307 g/mol. The van der Waals surface area contributed by atoms with Gasteiger partial charge in [0.1, 0.15) is 12.7 Å². The van der Waals surface area contributed by atoms with E-state index in [1.54, 1.807) is 11.0 Å². The van der Waals surface area contributed by atoms with E-state index in [1.807, 2.05) is 30.0 Å². The third-order valence-electron chi connectivity index (χ3n) is 3.64. The molecule has 0 unspecified atom stereocenters. The van der Waals surface area contributed by atoms with E-state index in [0.29, 0.717) is 6.54 Å². The molecule has 0 aliphatic carbocycles. The van der Waals surface area contributed by atoms with E-state index >= 15 is 0 Å². The molecule has 0 saturated carbocycles. The van der Waals surface area contributed by atoms with Gasteiger partial charge in [-0.2, -0.15) is 5.10 Å². The van der Waals surface area contributed by atoms with Crippen molar-refractivity contribution in [2.75, 3.05) is 13.1 Å². The zero-order chi connectivity index (χ0) is 14.1. The van der Waals surface area contributed by atoms with Gasteiger partial charge < -0.3 is 10.6 Å². The highest BCUT2D eigenvalue weighted by molar-refractivity contribution is 5.96. The van der Waals surface area contributed by atoms with E-state index < -0.39 is 0 Å². The van der Waals surface area contributed by atoms with E-state index in [2.05, 4.69) is 10.1 Å². The van der Waals surface area contributed by atoms with E-state index in [0.717, 1.165) is 29.8 Å². The maximum absolute atomic E-state index is 12.4. The summed E-state index contributed by atoms with van der Waals surface area (Å²) >= 11 is 0. The normalized spacial score (nSPS) is 17.6. The van der Waals surface area contributed by atoms with Gasteiger partial charge in [-0.3, -0.25) is 4.79 Å². The van der Waals surface area contributed by atoms with Crippen LogP contribution < -0.4 is 5.73 Å². The summed E-state index contributed by atoms with van der Waals surface area (Å²) in [4.78, 5) is 18.2. The highest BCUT2D eigenvalue weighted by atomic mass is 35.5. The molecule has 6 nitrogen and oxygen atoms in total. The molecule has 1 saturated heterocycles. The average Bonchev–Trinajstić information content (AvgIpc) is 3.09. The minimum absolute atomic E-state index is 0. The van der Waals surface area contributed by atoms with Gasteiger partial charge in [-0.25, -0.2) is 9.67 Å². The molecule has 112 valence electrons. The summed E-state index contributed by atoms with van der Waals surface area (Å²) in [5, 5.41) is 4.08. The third kappa shape index (κ3) is 3.06. The van der Waals surface area contributed by atoms with E-state index in [-0.39, 0.29) is 24.4 Å². The van der Waals surface area contributed by atoms with Crippen LogP contribution in [0.2, 0.25) is 0 Å². The van der Waals surface area contributed by atoms with E-state index in [4.69, 9.17) is 5.73 Å². The predicted octanol–water partition coefficient (Wildman–Crippen LogP) is 1.17. The van der Waals surface area contributed by atoms with Crippen molar-refractivity contribution in [1.82, 2.24) is 19.7 Å². The van der Waals surface area contributed by atoms with Crippen molar-refractivity contribution in [2.45, 2.75) is 19.4 Å². The molecule has 0 radical (unpaired) electrons. The molecule has 2 heterocycles. The molecule has 7 heteroatoms. The van der Waals surface area contributed by atoms with Crippen molar-refractivity contribution in [2.24, 2.45) is 5.73 Å². The summed E-state index contributed by atoms with van der Waals surface area (Å²) in [6.45, 7) is 3.32. The van der Waals surface area contributed by atoms with Crippen LogP contribution in [0.15, 0.2) is 30.9 Å². The van der Waals surface area contributed by atoms with Gasteiger partial charge in [0.25, 0.3) is 5.91 Å². The van der Waals surface area contributed by atoms with Crippen molar-refractivity contribution in [3.63, 3.8) is 0 Å². The summed E-state index contributed by atoms with van der Waals surface area (Å²) in [5.74, 6) is 0.0561. The number of benzene rings is 1. The Balaban J connectivity index is 0.00000161. The summed E-state index contributed by atoms with van der Waals surface area (Å²) in [5.41, 5.74) is 8.41. The van der Waals surface area contributed by atoms with Crippen LogP contribution in [0.5, 0.6) is 0 Å². The lowest BCUT2D eigenvalue weighted by Gasteiger charge is -2.17. The Morgan fingerprint density at radius 2 is 2.24 bits per heavy atom. The minimum Gasteiger partial charge on any atom is -0.337 e. The quantitative estimate of drug-likeness (QED) is 0.903. The van der Waals surface area contributed by atoms with Crippen LogP contribution in [0, 0.1) is 6.92 Å². The zero-order valence-corrected chi connectivity index (χ0v) is 12.6. The van der Waals surface area contributed by atoms with Gasteiger partial charge in [-0.05, 0) is 37.1 Å². The van der Waals surface area contributed by atoms with Crippen LogP contribution in [0.3, 0.4) is 0 Å². The number of rotatable bonds is 2. The second-order valence-electron chi connectivity index (χ2n) is 5.14. The molecule has 1 atom stereocenters. The number of aromatic nitrogens is 3. The molecule has 1 aromatic carbocycles. The number of carbonyl (C=O) groups excluding carboxylic acids is 1. The average molecular weight is 308 g/mol. The Labute approximate surface area is 129 Å². The number of nitrogens with two attached hydrogens (primary N) is 1. The Morgan fingerprint density at radius 3 is 2.81 bits per heavy atom. The Hall–Kier alpha value is -1.92. The lowest BCUT2D eigenvalue weighted by atomic mass is 10.1. The van der Waals surface area contributed by atoms with Crippen LogP contribution in [0.1, 0.15) is 22.3 Å². The molecular formula is C14H18ClN5O. The fraction of sp³-hybridized carbons (Fsp3) is 0.357. The second-order valence-corrected chi connectivity index (χ2v) is 5.14. The van der Waals surface area contributed by atoms with Gasteiger partial charge in [0.2, 0.25) is 0 Å². The van der Waals surface area contributed by atoms with Gasteiger partial charge >= 0.3 is 0 Å². The molecule has 1 aliphatic rings. The molecule has 2 N–H and O–H groups in total. The minimum atomic E-state index is 0. The van der Waals surface area contributed by atoms with Gasteiger partial charge in [0.05, 0.1) is 5.69 Å². The van der Waals surface area contributed by atoms with Gasteiger partial charge in [0.15, 0.2) is 0 Å². The van der Waals surface area contributed by atoms with Crippen molar-refractivity contribution in [1.29, 1.82) is 0 Å². The Bertz CT molecular complexity index is 628. The fourth-order valence-electron chi connectivity index (χ4n) is 2.51. The molecule has 1 fully saturated rings. The topological polar surface area (TPSA) is 77.0 Å². The number of nitrogens with zero attached hydrogens (tertiary/aromatic N) is 4. The highest BCUT2D eigenvalue weighted by Crippen LogP contribution is 2.18. The number of carbonyl (C=O) groups is 1. The molecule has 1 aliphatic heterocycles. The fourth-order valence-corrected chi connectivity index (χ4v) is 2.51. The van der Waals surface area contributed by atoms with E-state index in [9.17, 15) is 4.79 Å². The zero-order valence-electron chi connectivity index (χ0n) is 11.8. The highest BCUT2D eigenvalue weighted by Gasteiger charge is 2.25. The lowest BCUT2D eigenvalue weighted by Crippen LogP contribution is -2.32. The van der Waals surface area contributed by atoms with Gasteiger partial charge in [-0.15, -0.1) is 12.4 Å². The van der Waals surface area contributed by atoms with Crippen LogP contribution in [-0.2, 0) is 0 Å². The first-order valence-corrected chi connectivity index (χ1v) is 6.65. The SMILES string of the molecule is Cc1cc(-n2cncn2)ccc1C(=O)N1CC[C@@H](N)C1.Cl. The summed E-state index contributed by atoms with van der Waals surface area (Å²) in [6, 6.07) is 5.77. The Kier molecular flexibility index (Phi) is 4.59. The molecular weight excluding hydrogens is 290 g/mol. The molecule has 0 bridgehead atoms. The largest absolute Gasteiger partial charge is 0.337 e. The van der Waals surface area contributed by atoms with Crippen molar-refractivity contribution < 1.29 is 4.79 Å². The second kappa shape index (κ2) is 6.24. The molecule has 0 spiro atoms. The molecule has 21 heavy (non-hydrogen) atoms. The standard InChI is InChI=1S/C14H17N5O.ClH/c1-10-6-12(19-9-16-8-17-19)2-3-13(10)14(20)18-5-4-11(15)7-18;/h2-3,6,8-9,11H,4-5,7,15H2,1H3;1H/t11-;/m1./s1. The van der Waals surface area contributed by atoms with Crippen LogP contribution >= 0.6 is 12.4 Å². The van der Waals surface area contributed by atoms with E-state index in [1.165, 1.54) is 6.33 Å². The number of aryl methyl sites for hydroxylation is 1. The van der Waals surface area contributed by atoms with Crippen molar-refractivity contribution in [3.8, 4) is 5.69 Å². The van der Waals surface area contributed by atoms with Crippen molar-refractivity contribution >= 4 is 18.3 Å². The maximum atomic E-state index is 12.4. The number of likely N-dealkylation sites (tertiary alicyclic amines) is 1. The molecule has 1 aromatic heterocycles. The summed E-state index contributed by atoms with van der Waals surface area (Å²) in [6.07, 6.45) is 4.00. The third-order valence-corrected chi connectivity index (χ3v) is 3.64. The summed E-state index contributed by atoms with van der Waals surface area (Å²) < 4.78 is 1.67. The van der Waals surface area contributed by atoms with Crippen LogP contribution in [0.25, 0.3) is 5.69 Å². The smallest absolute Gasteiger partial charge is 0.254 e. The van der Waals surface area contributed by atoms with Gasteiger partial charge in [-0.1, -0.05) is 0 Å². The first kappa shape index (κ1) is 15.5. The molecule has 2 aromatic rings. The van der Waals surface area contributed by atoms with Crippen molar-refractivity contribution in [3.05, 3.63) is 42.0 Å². The first-order chi connectivity index (χ1) is 9.65. The first-order valence-electron chi connectivity index (χ1n) is 6.65. The molecule has 3 rings (SSSR count). The number of amides is 1. The summed E-state index contributed by atoms with van der Waals surface area (Å²) in [7, 11) is 0. The number of halogens is 1. The predicted molar refractivity (Wildman–Crippen MR) is 81.8 cm³/mol. The number of hydrogen-bond acceptors (Lipinski definition) is 4. The number of hydrogen-bond donors (Lipinski definition) is 1. The maximum Gasteiger partial charge on any atom is 0.254 e. The lowest BCUT2D eigenvalue weighted by molar-refractivity contribution is 0.0790. The van der Waals surface area contributed by atoms with Crippen LogP contribution in [0.4, 0.5) is 0 Å². The van der Waals surface area contributed by atoms with Gasteiger partial charge in [0, 0.05) is 24.7 Å². The van der Waals surface area contributed by atoms with Crippen LogP contribution in [-0.4, -0.2) is 44.7 Å².